The van der Waals surface area contributed by atoms with Gasteiger partial charge in [-0.3, -0.25) is 9.48 Å². The van der Waals surface area contributed by atoms with Gasteiger partial charge in [-0.05, 0) is 25.6 Å². The Morgan fingerprint density at radius 1 is 1.18 bits per heavy atom. The third-order valence-corrected chi connectivity index (χ3v) is 4.25. The monoisotopic (exact) mass is 298 g/mol. The quantitative estimate of drug-likeness (QED) is 0.850. The van der Waals surface area contributed by atoms with Gasteiger partial charge in [0.25, 0.3) is 5.91 Å². The number of hydrogen-bond donors (Lipinski definition) is 0. The summed E-state index contributed by atoms with van der Waals surface area (Å²) in [4.78, 5) is 17.2. The lowest BCUT2D eigenvalue weighted by molar-refractivity contribution is 0.0487. The number of rotatable bonds is 2. The van der Waals surface area contributed by atoms with Crippen LogP contribution in [0.1, 0.15) is 27.8 Å². The molecule has 0 bridgehead atoms. The molecule has 1 saturated heterocycles. The molecule has 1 amide bonds. The predicted molar refractivity (Wildman–Crippen MR) is 85.7 cm³/mol. The number of benzene rings is 1. The highest BCUT2D eigenvalue weighted by Gasteiger charge is 2.32. The molecule has 3 rings (SSSR count). The van der Waals surface area contributed by atoms with Gasteiger partial charge < -0.3 is 9.80 Å². The summed E-state index contributed by atoms with van der Waals surface area (Å²) in [5, 5.41) is 4.30. The average molecular weight is 298 g/mol. The Bertz CT molecular complexity index is 665. The Balaban J connectivity index is 1.93. The standard InChI is InChI=1S/C17H22N4O/c1-13-11-15(20(3)18-13)17(22)21-10-9-19(2)12-16(21)14-7-5-4-6-8-14/h4-8,11,16H,9-10,12H2,1-3H3/t16-/m0/s1. The van der Waals surface area contributed by atoms with Crippen LogP contribution in [-0.2, 0) is 7.05 Å². The molecule has 116 valence electrons. The molecule has 1 aromatic carbocycles. The molecule has 0 N–H and O–H groups in total. The van der Waals surface area contributed by atoms with E-state index in [-0.39, 0.29) is 11.9 Å². The van der Waals surface area contributed by atoms with E-state index < -0.39 is 0 Å². The Hall–Kier alpha value is -2.14. The summed E-state index contributed by atoms with van der Waals surface area (Å²) in [7, 11) is 3.93. The number of carbonyl (C=O) groups excluding carboxylic acids is 1. The zero-order valence-electron chi connectivity index (χ0n) is 13.4. The first-order chi connectivity index (χ1) is 10.6. The third-order valence-electron chi connectivity index (χ3n) is 4.25. The lowest BCUT2D eigenvalue weighted by atomic mass is 10.0. The van der Waals surface area contributed by atoms with Crippen molar-refractivity contribution in [1.29, 1.82) is 0 Å². The van der Waals surface area contributed by atoms with E-state index in [2.05, 4.69) is 29.2 Å². The lowest BCUT2D eigenvalue weighted by Gasteiger charge is -2.40. The highest BCUT2D eigenvalue weighted by atomic mass is 16.2. The summed E-state index contributed by atoms with van der Waals surface area (Å²) in [6.07, 6.45) is 0. The van der Waals surface area contributed by atoms with Crippen molar-refractivity contribution in [3.8, 4) is 0 Å². The maximum absolute atomic E-state index is 13.0. The van der Waals surface area contributed by atoms with Crippen LogP contribution in [0.4, 0.5) is 0 Å². The fraction of sp³-hybridized carbons (Fsp3) is 0.412. The van der Waals surface area contributed by atoms with E-state index in [1.54, 1.807) is 4.68 Å². The molecule has 0 saturated carbocycles. The minimum absolute atomic E-state index is 0.0602. The number of aromatic nitrogens is 2. The van der Waals surface area contributed by atoms with Crippen molar-refractivity contribution in [3.63, 3.8) is 0 Å². The summed E-state index contributed by atoms with van der Waals surface area (Å²) in [6.45, 7) is 4.40. The summed E-state index contributed by atoms with van der Waals surface area (Å²) < 4.78 is 1.68. The molecule has 0 aliphatic carbocycles. The molecule has 2 heterocycles. The molecule has 1 atom stereocenters. The van der Waals surface area contributed by atoms with Crippen molar-refractivity contribution >= 4 is 5.91 Å². The number of amides is 1. The maximum atomic E-state index is 13.0. The minimum atomic E-state index is 0.0602. The lowest BCUT2D eigenvalue weighted by Crippen LogP contribution is -2.49. The van der Waals surface area contributed by atoms with Gasteiger partial charge in [-0.25, -0.2) is 0 Å². The van der Waals surface area contributed by atoms with Gasteiger partial charge in [0, 0.05) is 26.7 Å². The molecule has 1 fully saturated rings. The van der Waals surface area contributed by atoms with E-state index in [4.69, 9.17) is 0 Å². The number of hydrogen-bond acceptors (Lipinski definition) is 3. The molecule has 5 heteroatoms. The molecule has 22 heavy (non-hydrogen) atoms. The van der Waals surface area contributed by atoms with Gasteiger partial charge in [-0.1, -0.05) is 30.3 Å². The zero-order valence-corrected chi connectivity index (χ0v) is 13.4. The molecule has 5 nitrogen and oxygen atoms in total. The number of nitrogens with zero attached hydrogens (tertiary/aromatic N) is 4. The second kappa shape index (κ2) is 5.93. The van der Waals surface area contributed by atoms with E-state index in [0.29, 0.717) is 5.69 Å². The van der Waals surface area contributed by atoms with E-state index in [0.717, 1.165) is 25.3 Å². The summed E-state index contributed by atoms with van der Waals surface area (Å²) >= 11 is 0. The number of aryl methyl sites for hydroxylation is 2. The van der Waals surface area contributed by atoms with Crippen LogP contribution in [0.5, 0.6) is 0 Å². The molecule has 1 aromatic heterocycles. The molecule has 1 aliphatic heterocycles. The van der Waals surface area contributed by atoms with Gasteiger partial charge in [0.2, 0.25) is 0 Å². The highest BCUT2D eigenvalue weighted by Crippen LogP contribution is 2.26. The summed E-state index contributed by atoms with van der Waals surface area (Å²) in [5.74, 6) is 0.0602. The molecular formula is C17H22N4O. The average Bonchev–Trinajstić information content (AvgIpc) is 2.86. The van der Waals surface area contributed by atoms with Gasteiger partial charge in [0.1, 0.15) is 5.69 Å². The van der Waals surface area contributed by atoms with Gasteiger partial charge in [0.05, 0.1) is 11.7 Å². The molecule has 0 radical (unpaired) electrons. The smallest absolute Gasteiger partial charge is 0.272 e. The Kier molecular flexibility index (Phi) is 3.98. The van der Waals surface area contributed by atoms with Crippen LogP contribution in [0.2, 0.25) is 0 Å². The number of likely N-dealkylation sites (N-methyl/N-ethyl adjacent to an activating group) is 1. The molecule has 0 unspecified atom stereocenters. The fourth-order valence-corrected chi connectivity index (χ4v) is 3.08. The molecule has 0 spiro atoms. The van der Waals surface area contributed by atoms with Crippen molar-refractivity contribution in [3.05, 3.63) is 53.3 Å². The van der Waals surface area contributed by atoms with Crippen molar-refractivity contribution in [2.24, 2.45) is 7.05 Å². The van der Waals surface area contributed by atoms with Gasteiger partial charge in [-0.2, -0.15) is 5.10 Å². The van der Waals surface area contributed by atoms with Crippen LogP contribution >= 0.6 is 0 Å². The van der Waals surface area contributed by atoms with Crippen LogP contribution in [0.15, 0.2) is 36.4 Å². The van der Waals surface area contributed by atoms with Gasteiger partial charge in [0.15, 0.2) is 0 Å². The normalized spacial score (nSPS) is 19.4. The van der Waals surface area contributed by atoms with Crippen LogP contribution in [-0.4, -0.2) is 52.2 Å². The Morgan fingerprint density at radius 3 is 2.55 bits per heavy atom. The van der Waals surface area contributed by atoms with E-state index >= 15 is 0 Å². The number of carbonyl (C=O) groups is 1. The van der Waals surface area contributed by atoms with Crippen LogP contribution < -0.4 is 0 Å². The first-order valence-corrected chi connectivity index (χ1v) is 7.61. The topological polar surface area (TPSA) is 41.4 Å². The second-order valence-corrected chi connectivity index (χ2v) is 5.98. The Labute approximate surface area is 131 Å². The minimum Gasteiger partial charge on any atom is -0.328 e. The van der Waals surface area contributed by atoms with Crippen LogP contribution in [0.25, 0.3) is 0 Å². The van der Waals surface area contributed by atoms with Crippen LogP contribution in [0.3, 0.4) is 0 Å². The molecule has 1 aliphatic rings. The zero-order chi connectivity index (χ0) is 15.7. The summed E-state index contributed by atoms with van der Waals surface area (Å²) in [5.41, 5.74) is 2.71. The van der Waals surface area contributed by atoms with Crippen LogP contribution in [0, 0.1) is 6.92 Å². The molecular weight excluding hydrogens is 276 g/mol. The van der Waals surface area contributed by atoms with Crippen molar-refractivity contribution < 1.29 is 4.79 Å². The van der Waals surface area contributed by atoms with E-state index in [1.165, 1.54) is 5.56 Å². The summed E-state index contributed by atoms with van der Waals surface area (Å²) in [6, 6.07) is 12.2. The fourth-order valence-electron chi connectivity index (χ4n) is 3.08. The first kappa shape index (κ1) is 14.8. The van der Waals surface area contributed by atoms with E-state index in [9.17, 15) is 4.79 Å². The predicted octanol–water partition coefficient (Wildman–Crippen LogP) is 1.86. The third kappa shape index (κ3) is 2.76. The van der Waals surface area contributed by atoms with Crippen molar-refractivity contribution in [2.45, 2.75) is 13.0 Å². The molecule has 2 aromatic rings. The van der Waals surface area contributed by atoms with Crippen molar-refractivity contribution in [2.75, 3.05) is 26.7 Å². The van der Waals surface area contributed by atoms with Gasteiger partial charge >= 0.3 is 0 Å². The number of piperazine rings is 1. The second-order valence-electron chi connectivity index (χ2n) is 5.98. The largest absolute Gasteiger partial charge is 0.328 e. The van der Waals surface area contributed by atoms with Gasteiger partial charge in [-0.15, -0.1) is 0 Å². The van der Waals surface area contributed by atoms with E-state index in [1.807, 2.05) is 43.1 Å². The maximum Gasteiger partial charge on any atom is 0.272 e. The SMILES string of the molecule is Cc1cc(C(=O)N2CCN(C)C[C@H]2c2ccccc2)n(C)n1. The Morgan fingerprint density at radius 2 is 1.91 bits per heavy atom. The first-order valence-electron chi connectivity index (χ1n) is 7.61. The highest BCUT2D eigenvalue weighted by molar-refractivity contribution is 5.93. The van der Waals surface area contributed by atoms with Crippen molar-refractivity contribution in [1.82, 2.24) is 19.6 Å².